The van der Waals surface area contributed by atoms with Crippen molar-refractivity contribution in [2.24, 2.45) is 5.92 Å². The van der Waals surface area contributed by atoms with E-state index >= 15 is 0 Å². The summed E-state index contributed by atoms with van der Waals surface area (Å²) in [7, 11) is 0. The Balaban J connectivity index is 1.94. The normalized spacial score (nSPS) is 15.3. The Morgan fingerprint density at radius 1 is 1.30 bits per heavy atom. The molecule has 4 heteroatoms. The molecule has 4 nitrogen and oxygen atoms in total. The minimum Gasteiger partial charge on any atom is -0.481 e. The quantitative estimate of drug-likeness (QED) is 0.866. The van der Waals surface area contributed by atoms with E-state index < -0.39 is 5.97 Å². The molecule has 0 saturated heterocycles. The first-order chi connectivity index (χ1) is 9.50. The molecule has 2 rings (SSSR count). The lowest BCUT2D eigenvalue weighted by atomic mass is 10.0. The van der Waals surface area contributed by atoms with Gasteiger partial charge in [-0.3, -0.25) is 9.59 Å². The lowest BCUT2D eigenvalue weighted by molar-refractivity contribution is -0.137. The van der Waals surface area contributed by atoms with E-state index in [4.69, 9.17) is 5.11 Å². The second-order valence-corrected chi connectivity index (χ2v) is 5.28. The zero-order chi connectivity index (χ0) is 14.7. The van der Waals surface area contributed by atoms with E-state index in [2.05, 4.69) is 6.58 Å². The maximum Gasteiger partial charge on any atom is 0.303 e. The number of carbonyl (C=O) groups excluding carboxylic acids is 1. The molecule has 1 aromatic carbocycles. The third-order valence-electron chi connectivity index (χ3n) is 3.74. The summed E-state index contributed by atoms with van der Waals surface area (Å²) in [4.78, 5) is 24.5. The average Bonchev–Trinajstić information content (AvgIpc) is 2.67. The third-order valence-corrected chi connectivity index (χ3v) is 3.74. The summed E-state index contributed by atoms with van der Waals surface area (Å²) in [5, 5.41) is 8.67. The van der Waals surface area contributed by atoms with Gasteiger partial charge in [0.25, 0.3) is 5.91 Å². The Kier molecular flexibility index (Phi) is 4.23. The SMILES string of the molecule is C=C1c2ccccc2C(=O)N1CCC(C)CCC(=O)O. The lowest BCUT2D eigenvalue weighted by Gasteiger charge is -2.19. The van der Waals surface area contributed by atoms with Gasteiger partial charge in [-0.05, 0) is 24.8 Å². The van der Waals surface area contributed by atoms with Gasteiger partial charge in [-0.2, -0.15) is 0 Å². The summed E-state index contributed by atoms with van der Waals surface area (Å²) in [6.07, 6.45) is 1.60. The van der Waals surface area contributed by atoms with Crippen LogP contribution in [0.15, 0.2) is 30.8 Å². The van der Waals surface area contributed by atoms with Crippen LogP contribution in [0.5, 0.6) is 0 Å². The monoisotopic (exact) mass is 273 g/mol. The Morgan fingerprint density at radius 3 is 2.55 bits per heavy atom. The Bertz CT molecular complexity index is 515. The molecule has 0 saturated carbocycles. The molecule has 0 spiro atoms. The molecule has 0 aromatic heterocycles. The third kappa shape index (κ3) is 2.90. The van der Waals surface area contributed by atoms with Crippen LogP contribution >= 0.6 is 0 Å². The van der Waals surface area contributed by atoms with Crippen LogP contribution in [-0.2, 0) is 4.79 Å². The van der Waals surface area contributed by atoms with Crippen molar-refractivity contribution in [2.45, 2.75) is 26.2 Å². The topological polar surface area (TPSA) is 57.6 Å². The fraction of sp³-hybridized carbons (Fsp3) is 0.375. The summed E-state index contributed by atoms with van der Waals surface area (Å²) in [5.74, 6) is -0.502. The molecule has 0 aliphatic carbocycles. The predicted octanol–water partition coefficient (Wildman–Crippen LogP) is 3.00. The van der Waals surface area contributed by atoms with E-state index in [0.29, 0.717) is 18.5 Å². The van der Waals surface area contributed by atoms with Crippen molar-refractivity contribution in [3.8, 4) is 0 Å². The van der Waals surface area contributed by atoms with Crippen molar-refractivity contribution >= 4 is 17.6 Å². The molecule has 1 aliphatic heterocycles. The zero-order valence-electron chi connectivity index (χ0n) is 11.6. The second kappa shape index (κ2) is 5.90. The number of hydrogen-bond acceptors (Lipinski definition) is 2. The molecule has 0 bridgehead atoms. The van der Waals surface area contributed by atoms with Crippen LogP contribution < -0.4 is 0 Å². The van der Waals surface area contributed by atoms with Crippen LogP contribution in [0.4, 0.5) is 0 Å². The molecule has 1 heterocycles. The van der Waals surface area contributed by atoms with Gasteiger partial charge in [-0.15, -0.1) is 0 Å². The predicted molar refractivity (Wildman–Crippen MR) is 77.2 cm³/mol. The van der Waals surface area contributed by atoms with Crippen molar-refractivity contribution in [2.75, 3.05) is 6.54 Å². The standard InChI is InChI=1S/C16H19NO3/c1-11(7-8-15(18)19)9-10-17-12(2)13-5-3-4-6-14(13)16(17)20/h3-6,11H,2,7-10H2,1H3,(H,18,19). The summed E-state index contributed by atoms with van der Waals surface area (Å²) in [6, 6.07) is 7.47. The number of carboxylic acid groups (broad SMARTS) is 1. The summed E-state index contributed by atoms with van der Waals surface area (Å²) in [5.41, 5.74) is 2.35. The number of benzene rings is 1. The molecule has 1 amide bonds. The molecule has 0 radical (unpaired) electrons. The number of rotatable bonds is 6. The smallest absolute Gasteiger partial charge is 0.303 e. The molecule has 20 heavy (non-hydrogen) atoms. The first kappa shape index (κ1) is 14.3. The van der Waals surface area contributed by atoms with Crippen molar-refractivity contribution in [1.29, 1.82) is 0 Å². The molecule has 1 atom stereocenters. The first-order valence-electron chi connectivity index (χ1n) is 6.82. The molecule has 0 fully saturated rings. The van der Waals surface area contributed by atoms with Crippen LogP contribution in [0.2, 0.25) is 0 Å². The van der Waals surface area contributed by atoms with E-state index in [9.17, 15) is 9.59 Å². The van der Waals surface area contributed by atoms with E-state index in [1.807, 2.05) is 31.2 Å². The summed E-state index contributed by atoms with van der Waals surface area (Å²) >= 11 is 0. The van der Waals surface area contributed by atoms with Gasteiger partial charge in [0.05, 0.1) is 0 Å². The largest absolute Gasteiger partial charge is 0.481 e. The van der Waals surface area contributed by atoms with Gasteiger partial charge < -0.3 is 10.0 Å². The molecule has 106 valence electrons. The number of hydrogen-bond donors (Lipinski definition) is 1. The van der Waals surface area contributed by atoms with Crippen molar-refractivity contribution in [3.63, 3.8) is 0 Å². The van der Waals surface area contributed by atoms with Gasteiger partial charge in [-0.25, -0.2) is 0 Å². The van der Waals surface area contributed by atoms with E-state index in [-0.39, 0.29) is 18.2 Å². The van der Waals surface area contributed by atoms with Gasteiger partial charge in [0, 0.05) is 29.8 Å². The molecule has 1 unspecified atom stereocenters. The molecular formula is C16H19NO3. The Hall–Kier alpha value is -2.10. The first-order valence-corrected chi connectivity index (χ1v) is 6.82. The lowest BCUT2D eigenvalue weighted by Crippen LogP contribution is -2.25. The van der Waals surface area contributed by atoms with Gasteiger partial charge in [0.1, 0.15) is 0 Å². The number of amides is 1. The van der Waals surface area contributed by atoms with Gasteiger partial charge in [0.15, 0.2) is 0 Å². The number of fused-ring (bicyclic) bond motifs is 1. The van der Waals surface area contributed by atoms with Crippen molar-refractivity contribution < 1.29 is 14.7 Å². The highest BCUT2D eigenvalue weighted by atomic mass is 16.4. The Labute approximate surface area is 118 Å². The van der Waals surface area contributed by atoms with Gasteiger partial charge in [-0.1, -0.05) is 31.7 Å². The number of aliphatic carboxylic acids is 1. The van der Waals surface area contributed by atoms with E-state index in [1.54, 1.807) is 4.90 Å². The molecular weight excluding hydrogens is 254 g/mol. The maximum atomic E-state index is 12.3. The summed E-state index contributed by atoms with van der Waals surface area (Å²) in [6.45, 7) is 6.59. The molecule has 1 aromatic rings. The number of carbonyl (C=O) groups is 2. The average molecular weight is 273 g/mol. The fourth-order valence-corrected chi connectivity index (χ4v) is 2.43. The minimum atomic E-state index is -0.772. The second-order valence-electron chi connectivity index (χ2n) is 5.28. The van der Waals surface area contributed by atoms with Crippen molar-refractivity contribution in [3.05, 3.63) is 42.0 Å². The van der Waals surface area contributed by atoms with Crippen LogP contribution in [0.1, 0.15) is 42.1 Å². The van der Waals surface area contributed by atoms with Crippen LogP contribution in [0.25, 0.3) is 5.70 Å². The minimum absolute atomic E-state index is 0.00367. The number of nitrogens with zero attached hydrogens (tertiary/aromatic N) is 1. The van der Waals surface area contributed by atoms with E-state index in [1.165, 1.54) is 0 Å². The maximum absolute atomic E-state index is 12.3. The Morgan fingerprint density at radius 2 is 1.95 bits per heavy atom. The molecule has 1 N–H and O–H groups in total. The van der Waals surface area contributed by atoms with Crippen molar-refractivity contribution in [1.82, 2.24) is 4.90 Å². The highest BCUT2D eigenvalue weighted by molar-refractivity contribution is 6.08. The van der Waals surface area contributed by atoms with Crippen LogP contribution in [0, 0.1) is 5.92 Å². The van der Waals surface area contributed by atoms with Gasteiger partial charge in [0.2, 0.25) is 0 Å². The highest BCUT2D eigenvalue weighted by Gasteiger charge is 2.30. The fourth-order valence-electron chi connectivity index (χ4n) is 2.43. The molecule has 1 aliphatic rings. The van der Waals surface area contributed by atoms with E-state index in [0.717, 1.165) is 17.7 Å². The number of carboxylic acids is 1. The zero-order valence-corrected chi connectivity index (χ0v) is 11.6. The summed E-state index contributed by atoms with van der Waals surface area (Å²) < 4.78 is 0. The highest BCUT2D eigenvalue weighted by Crippen LogP contribution is 2.31. The van der Waals surface area contributed by atoms with Gasteiger partial charge >= 0.3 is 5.97 Å². The van der Waals surface area contributed by atoms with Crippen LogP contribution in [-0.4, -0.2) is 28.4 Å². The van der Waals surface area contributed by atoms with Crippen LogP contribution in [0.3, 0.4) is 0 Å².